The van der Waals surface area contributed by atoms with Crippen molar-refractivity contribution >= 4 is 17.3 Å². The number of alkyl halides is 2. The zero-order chi connectivity index (χ0) is 22.1. The summed E-state index contributed by atoms with van der Waals surface area (Å²) in [4.78, 5) is 10.7. The summed E-state index contributed by atoms with van der Waals surface area (Å²) < 4.78 is 34.4. The fourth-order valence-electron chi connectivity index (χ4n) is 4.13. The smallest absolute Gasteiger partial charge is 0.263 e. The molecule has 0 amide bonds. The van der Waals surface area contributed by atoms with Gasteiger partial charge in [-0.25, -0.2) is 13.5 Å². The molecule has 0 atom stereocenters. The van der Waals surface area contributed by atoms with E-state index >= 15 is 0 Å². The molecule has 3 heterocycles. The summed E-state index contributed by atoms with van der Waals surface area (Å²) in [6.07, 6.45) is -0.923. The second-order valence-corrected chi connectivity index (χ2v) is 8.18. The lowest BCUT2D eigenvalue weighted by Crippen LogP contribution is -2.56. The van der Waals surface area contributed by atoms with E-state index in [-0.39, 0.29) is 5.56 Å². The van der Waals surface area contributed by atoms with E-state index in [1.165, 1.54) is 6.07 Å². The van der Waals surface area contributed by atoms with Gasteiger partial charge >= 0.3 is 0 Å². The summed E-state index contributed by atoms with van der Waals surface area (Å²) in [7, 11) is 1.80. The number of ether oxygens (including phenoxy) is 1. The maximum atomic E-state index is 13.7. The van der Waals surface area contributed by atoms with E-state index in [2.05, 4.69) is 19.9 Å². The van der Waals surface area contributed by atoms with Crippen molar-refractivity contribution in [1.82, 2.24) is 19.7 Å². The van der Waals surface area contributed by atoms with Crippen molar-refractivity contribution in [2.75, 3.05) is 56.2 Å². The van der Waals surface area contributed by atoms with Crippen LogP contribution >= 0.6 is 0 Å². The molecule has 1 aromatic heterocycles. The molecule has 0 spiro atoms. The van der Waals surface area contributed by atoms with Gasteiger partial charge in [0, 0.05) is 50.2 Å². The van der Waals surface area contributed by atoms with Gasteiger partial charge in [0.05, 0.1) is 24.9 Å². The minimum atomic E-state index is -2.55. The van der Waals surface area contributed by atoms with Crippen LogP contribution in [0, 0.1) is 0 Å². The minimum Gasteiger partial charge on any atom is -0.378 e. The van der Waals surface area contributed by atoms with Crippen LogP contribution in [-0.2, 0) is 4.74 Å². The normalized spacial score (nSPS) is 17.6. The molecule has 5 rings (SSSR count). The molecule has 168 valence electrons. The molecular weight excluding hydrogens is 414 g/mol. The first-order chi connectivity index (χ1) is 15.6. The molecule has 2 fully saturated rings. The molecule has 2 aliphatic rings. The van der Waals surface area contributed by atoms with E-state index in [4.69, 9.17) is 4.74 Å². The highest BCUT2D eigenvalue weighted by molar-refractivity contribution is 5.66. The van der Waals surface area contributed by atoms with Crippen LogP contribution in [0.3, 0.4) is 0 Å². The Kier molecular flexibility index (Phi) is 5.75. The highest BCUT2D eigenvalue weighted by Gasteiger charge is 2.29. The van der Waals surface area contributed by atoms with Gasteiger partial charge in [0.1, 0.15) is 6.33 Å². The fourth-order valence-corrected chi connectivity index (χ4v) is 4.13. The molecule has 2 saturated heterocycles. The molecule has 0 N–H and O–H groups in total. The number of hydrogen-bond acceptors (Lipinski definition) is 6. The predicted octanol–water partition coefficient (Wildman–Crippen LogP) is 3.49. The fraction of sp³-hybridized carbons (Fsp3) is 0.391. The number of anilines is 3. The maximum Gasteiger partial charge on any atom is 0.263 e. The Labute approximate surface area is 185 Å². The molecule has 7 nitrogen and oxygen atoms in total. The molecular formula is C23H26F2N6O. The van der Waals surface area contributed by atoms with Crippen molar-refractivity contribution in [3.05, 3.63) is 60.4 Å². The van der Waals surface area contributed by atoms with E-state index in [1.54, 1.807) is 29.0 Å². The molecule has 0 unspecified atom stereocenters. The summed E-state index contributed by atoms with van der Waals surface area (Å²) in [5, 5.41) is 4.53. The van der Waals surface area contributed by atoms with Crippen LogP contribution in [0.4, 0.5) is 26.1 Å². The molecule has 9 heteroatoms. The Hall–Kier alpha value is -3.04. The van der Waals surface area contributed by atoms with Crippen LogP contribution in [0.1, 0.15) is 12.0 Å². The molecule has 0 saturated carbocycles. The number of piperazine rings is 1. The average molecular weight is 440 g/mol. The van der Waals surface area contributed by atoms with E-state index < -0.39 is 6.43 Å². The maximum absolute atomic E-state index is 13.7. The molecule has 0 radical (unpaired) electrons. The molecule has 2 aliphatic heterocycles. The number of rotatable bonds is 6. The molecule has 0 bridgehead atoms. The molecule has 3 aromatic rings. The monoisotopic (exact) mass is 440 g/mol. The van der Waals surface area contributed by atoms with E-state index in [0.717, 1.165) is 50.8 Å². The van der Waals surface area contributed by atoms with Crippen molar-refractivity contribution in [3.63, 3.8) is 0 Å². The van der Waals surface area contributed by atoms with Gasteiger partial charge in [0.15, 0.2) is 0 Å². The predicted molar refractivity (Wildman–Crippen MR) is 119 cm³/mol. The van der Waals surface area contributed by atoms with Gasteiger partial charge in [-0.2, -0.15) is 4.98 Å². The van der Waals surface area contributed by atoms with Gasteiger partial charge in [0.2, 0.25) is 5.95 Å². The number of nitrogens with zero attached hydrogens (tertiary/aromatic N) is 6. The van der Waals surface area contributed by atoms with E-state index in [9.17, 15) is 8.78 Å². The average Bonchev–Trinajstić information content (AvgIpc) is 3.28. The third-order valence-corrected chi connectivity index (χ3v) is 6.18. The Bertz CT molecular complexity index is 1050. The summed E-state index contributed by atoms with van der Waals surface area (Å²) in [5.41, 5.74) is 2.33. The molecule has 2 aromatic carbocycles. The zero-order valence-electron chi connectivity index (χ0n) is 17.9. The highest BCUT2D eigenvalue weighted by Crippen LogP contribution is 2.33. The number of para-hydroxylation sites is 1. The largest absolute Gasteiger partial charge is 0.378 e. The minimum absolute atomic E-state index is 0.00154. The Balaban J connectivity index is 1.38. The second-order valence-electron chi connectivity index (χ2n) is 8.18. The van der Waals surface area contributed by atoms with Crippen LogP contribution in [0.5, 0.6) is 0 Å². The lowest BCUT2D eigenvalue weighted by Gasteiger charge is -2.43. The standard InChI is InChI=1S/C23H26F2N6O/c1-28(23-26-16-31(27-23)18-5-3-2-4-6-18)19-11-17(22(24)25)12-20(13-19)29-7-9-30(10-8-29)21-14-32-15-21/h2-6,11-13,16,21-22H,7-10,14-15H2,1H3. The first kappa shape index (κ1) is 20.8. The van der Waals surface area contributed by atoms with Crippen LogP contribution in [0.2, 0.25) is 0 Å². The summed E-state index contributed by atoms with van der Waals surface area (Å²) in [6.45, 7) is 4.99. The number of aromatic nitrogens is 3. The Morgan fingerprint density at radius 3 is 2.41 bits per heavy atom. The number of hydrogen-bond donors (Lipinski definition) is 0. The second kappa shape index (κ2) is 8.84. The van der Waals surface area contributed by atoms with Crippen molar-refractivity contribution < 1.29 is 13.5 Å². The summed E-state index contributed by atoms with van der Waals surface area (Å²) in [5.74, 6) is 0.445. The van der Waals surface area contributed by atoms with Crippen LogP contribution in [0.15, 0.2) is 54.9 Å². The van der Waals surface area contributed by atoms with Gasteiger partial charge in [-0.3, -0.25) is 4.90 Å². The van der Waals surface area contributed by atoms with Crippen LogP contribution in [0.25, 0.3) is 5.69 Å². The van der Waals surface area contributed by atoms with Gasteiger partial charge in [-0.15, -0.1) is 5.10 Å². The van der Waals surface area contributed by atoms with Crippen molar-refractivity contribution in [1.29, 1.82) is 0 Å². The van der Waals surface area contributed by atoms with Gasteiger partial charge < -0.3 is 14.5 Å². The number of benzene rings is 2. The van der Waals surface area contributed by atoms with E-state index in [1.807, 2.05) is 36.4 Å². The van der Waals surface area contributed by atoms with Gasteiger partial charge in [0.25, 0.3) is 6.43 Å². The van der Waals surface area contributed by atoms with Crippen molar-refractivity contribution in [2.24, 2.45) is 0 Å². The van der Waals surface area contributed by atoms with Crippen LogP contribution in [-0.4, -0.2) is 72.1 Å². The van der Waals surface area contributed by atoms with Crippen LogP contribution < -0.4 is 9.80 Å². The van der Waals surface area contributed by atoms with Gasteiger partial charge in [-0.1, -0.05) is 18.2 Å². The topological polar surface area (TPSA) is 49.7 Å². The third kappa shape index (κ3) is 4.18. The Morgan fingerprint density at radius 1 is 1.00 bits per heavy atom. The van der Waals surface area contributed by atoms with Crippen molar-refractivity contribution in [2.45, 2.75) is 12.5 Å². The lowest BCUT2D eigenvalue weighted by molar-refractivity contribution is -0.0660. The summed E-state index contributed by atoms with van der Waals surface area (Å²) in [6, 6.07) is 15.2. The molecule has 0 aliphatic carbocycles. The summed E-state index contributed by atoms with van der Waals surface area (Å²) >= 11 is 0. The number of halogens is 2. The zero-order valence-corrected chi connectivity index (χ0v) is 17.9. The van der Waals surface area contributed by atoms with Gasteiger partial charge in [-0.05, 0) is 30.3 Å². The van der Waals surface area contributed by atoms with E-state index in [0.29, 0.717) is 17.7 Å². The SMILES string of the molecule is CN(c1cc(C(F)F)cc(N2CCN(C3COC3)CC2)c1)c1ncn(-c2ccccc2)n1. The first-order valence-electron chi connectivity index (χ1n) is 10.8. The third-order valence-electron chi connectivity index (χ3n) is 6.18. The first-order valence-corrected chi connectivity index (χ1v) is 10.8. The molecule has 32 heavy (non-hydrogen) atoms. The Morgan fingerprint density at radius 2 is 1.75 bits per heavy atom. The van der Waals surface area contributed by atoms with Crippen molar-refractivity contribution in [3.8, 4) is 5.69 Å². The highest BCUT2D eigenvalue weighted by atomic mass is 19.3. The quantitative estimate of drug-likeness (QED) is 0.585. The lowest BCUT2D eigenvalue weighted by atomic mass is 10.1.